The molecule has 0 unspecified atom stereocenters. The predicted octanol–water partition coefficient (Wildman–Crippen LogP) is 3.90. The Morgan fingerprint density at radius 1 is 0.944 bits per heavy atom. The van der Waals surface area contributed by atoms with Crippen LogP contribution in [0.3, 0.4) is 0 Å². The molecule has 0 amide bonds. The number of ether oxygens (including phenoxy) is 1. The van der Waals surface area contributed by atoms with Gasteiger partial charge >= 0.3 is 5.97 Å². The number of carbonyl (C=O) groups excluding carboxylic acids is 2. The Hall–Kier alpha value is -0.860. The fourth-order valence-electron chi connectivity index (χ4n) is 2.04. The second-order valence-corrected chi connectivity index (χ2v) is 4.83. The normalized spacial score (nSPS) is 12.2. The van der Waals surface area contributed by atoms with Gasteiger partial charge in [-0.1, -0.05) is 51.9 Å². The molecule has 18 heavy (non-hydrogen) atoms. The van der Waals surface area contributed by atoms with Crippen molar-refractivity contribution in [2.45, 2.75) is 72.1 Å². The Morgan fingerprint density at radius 3 is 2.00 bits per heavy atom. The topological polar surface area (TPSA) is 43.4 Å². The Kier molecular flexibility index (Phi) is 10.7. The average Bonchev–Trinajstić information content (AvgIpc) is 2.32. The van der Waals surface area contributed by atoms with Gasteiger partial charge in [0.15, 0.2) is 0 Å². The first-order chi connectivity index (χ1) is 8.63. The Morgan fingerprint density at radius 2 is 1.50 bits per heavy atom. The number of unbranched alkanes of at least 4 members (excludes halogenated alkanes) is 6. The van der Waals surface area contributed by atoms with E-state index in [9.17, 15) is 9.59 Å². The van der Waals surface area contributed by atoms with Crippen LogP contribution in [0.25, 0.3) is 0 Å². The van der Waals surface area contributed by atoms with E-state index in [0.29, 0.717) is 13.0 Å². The van der Waals surface area contributed by atoms with Gasteiger partial charge in [0.05, 0.1) is 6.61 Å². The first kappa shape index (κ1) is 17.1. The van der Waals surface area contributed by atoms with Crippen molar-refractivity contribution in [1.82, 2.24) is 0 Å². The quantitative estimate of drug-likeness (QED) is 0.320. The summed E-state index contributed by atoms with van der Waals surface area (Å²) >= 11 is 0. The summed E-state index contributed by atoms with van der Waals surface area (Å²) in [6.07, 6.45) is 9.01. The lowest BCUT2D eigenvalue weighted by Gasteiger charge is -2.12. The Balaban J connectivity index is 3.71. The van der Waals surface area contributed by atoms with Gasteiger partial charge in [0, 0.05) is 0 Å². The summed E-state index contributed by atoms with van der Waals surface area (Å²) in [5.74, 6) is -0.962. The second-order valence-electron chi connectivity index (χ2n) is 4.83. The van der Waals surface area contributed by atoms with Crippen LogP contribution in [-0.4, -0.2) is 18.4 Å². The third kappa shape index (κ3) is 8.26. The molecule has 0 bridgehead atoms. The van der Waals surface area contributed by atoms with Gasteiger partial charge in [-0.3, -0.25) is 9.59 Å². The zero-order valence-corrected chi connectivity index (χ0v) is 12.2. The van der Waals surface area contributed by atoms with Crippen LogP contribution in [0.5, 0.6) is 0 Å². The third-order valence-corrected chi connectivity index (χ3v) is 3.16. The fraction of sp³-hybridized carbons (Fsp3) is 0.867. The van der Waals surface area contributed by atoms with Gasteiger partial charge < -0.3 is 4.74 Å². The van der Waals surface area contributed by atoms with Crippen molar-refractivity contribution in [2.75, 3.05) is 6.61 Å². The molecule has 0 spiro atoms. The highest BCUT2D eigenvalue weighted by Crippen LogP contribution is 2.15. The van der Waals surface area contributed by atoms with Gasteiger partial charge in [-0.2, -0.15) is 0 Å². The fourth-order valence-corrected chi connectivity index (χ4v) is 2.04. The molecule has 3 heteroatoms. The average molecular weight is 256 g/mol. The molecule has 0 fully saturated rings. The molecule has 0 N–H and O–H groups in total. The van der Waals surface area contributed by atoms with E-state index in [2.05, 4.69) is 6.92 Å². The van der Waals surface area contributed by atoms with E-state index in [1.807, 2.05) is 0 Å². The molecule has 0 heterocycles. The van der Waals surface area contributed by atoms with Crippen LogP contribution >= 0.6 is 0 Å². The lowest BCUT2D eigenvalue weighted by molar-refractivity contribution is -0.151. The maximum Gasteiger partial charge on any atom is 0.316 e. The number of carbonyl (C=O) groups is 2. The first-order valence-corrected chi connectivity index (χ1v) is 7.30. The number of rotatable bonds is 11. The van der Waals surface area contributed by atoms with Crippen LogP contribution in [0.1, 0.15) is 72.1 Å². The summed E-state index contributed by atoms with van der Waals surface area (Å²) in [5, 5.41) is 0. The molecular weight excluding hydrogens is 228 g/mol. The number of hydrogen-bond donors (Lipinski definition) is 0. The number of ketones is 1. The minimum absolute atomic E-state index is 0.0700. The molecule has 106 valence electrons. The number of hydrogen-bond acceptors (Lipinski definition) is 3. The largest absolute Gasteiger partial charge is 0.465 e. The van der Waals surface area contributed by atoms with Gasteiger partial charge in [0.2, 0.25) is 0 Å². The standard InChI is InChI=1S/C15H28O3/c1-4-6-7-8-9-10-11-12-14(13(3)16)15(17)18-5-2/h14H,4-12H2,1-3H3/t14-/m1/s1. The Labute approximate surface area is 111 Å². The van der Waals surface area contributed by atoms with E-state index in [0.717, 1.165) is 12.8 Å². The lowest BCUT2D eigenvalue weighted by atomic mass is 9.97. The van der Waals surface area contributed by atoms with Crippen molar-refractivity contribution in [2.24, 2.45) is 5.92 Å². The Bertz CT molecular complexity index is 236. The predicted molar refractivity (Wildman–Crippen MR) is 73.4 cm³/mol. The molecule has 0 aliphatic carbocycles. The molecule has 0 aliphatic heterocycles. The number of Topliss-reactive ketones (excluding diaryl/α,β-unsaturated/α-hetero) is 1. The van der Waals surface area contributed by atoms with E-state index in [-0.39, 0.29) is 11.8 Å². The lowest BCUT2D eigenvalue weighted by Crippen LogP contribution is -2.24. The van der Waals surface area contributed by atoms with Crippen molar-refractivity contribution < 1.29 is 14.3 Å². The molecule has 3 nitrogen and oxygen atoms in total. The SMILES string of the molecule is CCCCCCCCC[C@H](C(C)=O)C(=O)OCC. The van der Waals surface area contributed by atoms with Crippen LogP contribution in [0.4, 0.5) is 0 Å². The van der Waals surface area contributed by atoms with E-state index < -0.39 is 5.92 Å². The minimum Gasteiger partial charge on any atom is -0.465 e. The highest BCUT2D eigenvalue weighted by Gasteiger charge is 2.23. The van der Waals surface area contributed by atoms with Gasteiger partial charge in [-0.15, -0.1) is 0 Å². The summed E-state index contributed by atoms with van der Waals surface area (Å²) in [6, 6.07) is 0. The first-order valence-electron chi connectivity index (χ1n) is 7.30. The second kappa shape index (κ2) is 11.2. The summed E-state index contributed by atoms with van der Waals surface area (Å²) in [4.78, 5) is 22.9. The molecule has 0 rings (SSSR count). The van der Waals surface area contributed by atoms with Crippen molar-refractivity contribution in [1.29, 1.82) is 0 Å². The molecule has 0 aromatic heterocycles. The van der Waals surface area contributed by atoms with Gasteiger partial charge in [0.1, 0.15) is 11.7 Å². The van der Waals surface area contributed by atoms with E-state index in [1.165, 1.54) is 39.0 Å². The van der Waals surface area contributed by atoms with Crippen molar-refractivity contribution in [3.63, 3.8) is 0 Å². The maximum absolute atomic E-state index is 11.5. The van der Waals surface area contributed by atoms with E-state index in [4.69, 9.17) is 4.74 Å². The molecule has 1 atom stereocenters. The summed E-state index contributed by atoms with van der Waals surface area (Å²) in [5.41, 5.74) is 0. The van der Waals surface area contributed by atoms with Crippen LogP contribution in [0, 0.1) is 5.92 Å². The summed E-state index contributed by atoms with van der Waals surface area (Å²) in [6.45, 7) is 5.79. The molecule has 0 aliphatic rings. The van der Waals surface area contributed by atoms with Gasteiger partial charge in [0.25, 0.3) is 0 Å². The summed E-state index contributed by atoms with van der Waals surface area (Å²) in [7, 11) is 0. The maximum atomic E-state index is 11.5. The van der Waals surface area contributed by atoms with E-state index >= 15 is 0 Å². The van der Waals surface area contributed by atoms with Crippen LogP contribution < -0.4 is 0 Å². The molecule has 0 aromatic rings. The highest BCUT2D eigenvalue weighted by atomic mass is 16.5. The molecule has 0 radical (unpaired) electrons. The van der Waals surface area contributed by atoms with Crippen molar-refractivity contribution in [3.8, 4) is 0 Å². The van der Waals surface area contributed by atoms with Crippen molar-refractivity contribution in [3.05, 3.63) is 0 Å². The van der Waals surface area contributed by atoms with Crippen molar-refractivity contribution >= 4 is 11.8 Å². The van der Waals surface area contributed by atoms with Crippen LogP contribution in [0.2, 0.25) is 0 Å². The molecule has 0 saturated heterocycles. The van der Waals surface area contributed by atoms with Crippen LogP contribution in [0.15, 0.2) is 0 Å². The molecule has 0 aromatic carbocycles. The molecule has 0 saturated carbocycles. The smallest absolute Gasteiger partial charge is 0.316 e. The van der Waals surface area contributed by atoms with E-state index in [1.54, 1.807) is 6.92 Å². The highest BCUT2D eigenvalue weighted by molar-refractivity contribution is 5.97. The van der Waals surface area contributed by atoms with Gasteiger partial charge in [-0.05, 0) is 20.3 Å². The zero-order valence-electron chi connectivity index (χ0n) is 12.2. The monoisotopic (exact) mass is 256 g/mol. The third-order valence-electron chi connectivity index (χ3n) is 3.16. The van der Waals surface area contributed by atoms with Gasteiger partial charge in [-0.25, -0.2) is 0 Å². The molecular formula is C15H28O3. The number of esters is 1. The minimum atomic E-state index is -0.541. The van der Waals surface area contributed by atoms with Crippen LogP contribution in [-0.2, 0) is 14.3 Å². The summed E-state index contributed by atoms with van der Waals surface area (Å²) < 4.78 is 4.92. The zero-order chi connectivity index (χ0) is 13.8.